The van der Waals surface area contributed by atoms with E-state index in [1.807, 2.05) is 18.2 Å². The summed E-state index contributed by atoms with van der Waals surface area (Å²) in [7, 11) is -1.69. The fourth-order valence-electron chi connectivity index (χ4n) is 5.21. The number of fused-ring (bicyclic) bond motifs is 1. The maximum atomic E-state index is 13.0. The van der Waals surface area contributed by atoms with Crippen LogP contribution in [0.5, 0.6) is 0 Å². The Morgan fingerprint density at radius 1 is 0.839 bits per heavy atom. The molecule has 0 bridgehead atoms. The SMILES string of the molecule is CCC[CH2][Sn]([CH2]CCC)([CH2]CCC)[c]1cccc([C@H]2c3ccccc3S(=O)(=O)N2C)c1. The van der Waals surface area contributed by atoms with E-state index in [9.17, 15) is 8.42 Å². The zero-order valence-electron chi connectivity index (χ0n) is 19.7. The summed E-state index contributed by atoms with van der Waals surface area (Å²) in [4.78, 5) is 0.464. The monoisotopic (exact) mass is 549 g/mol. The van der Waals surface area contributed by atoms with Gasteiger partial charge in [-0.15, -0.1) is 0 Å². The summed E-state index contributed by atoms with van der Waals surface area (Å²) in [6.07, 6.45) is 7.76. The standard InChI is InChI=1S/C14H12NO2S.3C4H9.Sn/c1-15-14(11-7-3-2-4-8-11)12-9-5-6-10-13(12)18(15,16)17;3*1-3-4-2;/h2-3,5-10,14H,1H3;3*1,3-4H2,2H3;/t14-;;;;/m0..../s1. The number of hydrogen-bond acceptors (Lipinski definition) is 2. The van der Waals surface area contributed by atoms with Crippen LogP contribution in [0.3, 0.4) is 0 Å². The first-order valence-corrected chi connectivity index (χ1v) is 21.0. The Kier molecular flexibility index (Phi) is 8.67. The fraction of sp³-hybridized carbons (Fsp3) is 0.538. The molecule has 0 amide bonds. The fourth-order valence-corrected chi connectivity index (χ4v) is 22.8. The normalized spacial score (nSPS) is 18.3. The van der Waals surface area contributed by atoms with Crippen molar-refractivity contribution in [3.63, 3.8) is 0 Å². The third-order valence-corrected chi connectivity index (χ3v) is 24.6. The summed E-state index contributed by atoms with van der Waals surface area (Å²) in [6.45, 7) is 6.92. The van der Waals surface area contributed by atoms with Crippen molar-refractivity contribution in [3.05, 3.63) is 59.7 Å². The number of rotatable bonds is 11. The van der Waals surface area contributed by atoms with E-state index in [-0.39, 0.29) is 6.04 Å². The molecule has 0 saturated heterocycles. The Balaban J connectivity index is 2.07. The van der Waals surface area contributed by atoms with Crippen molar-refractivity contribution in [2.45, 2.75) is 83.5 Å². The molecule has 0 spiro atoms. The first-order chi connectivity index (χ1) is 14.9. The van der Waals surface area contributed by atoms with E-state index in [0.717, 1.165) is 11.1 Å². The molecular formula is C26H39NO2SSn. The van der Waals surface area contributed by atoms with Crippen molar-refractivity contribution in [1.82, 2.24) is 4.31 Å². The Morgan fingerprint density at radius 2 is 1.42 bits per heavy atom. The van der Waals surface area contributed by atoms with Crippen molar-refractivity contribution in [3.8, 4) is 0 Å². The van der Waals surface area contributed by atoms with Crippen molar-refractivity contribution in [2.75, 3.05) is 7.05 Å². The Bertz CT molecular complexity index is 951. The average Bonchev–Trinajstić information content (AvgIpc) is 2.99. The maximum absolute atomic E-state index is 13.0. The van der Waals surface area contributed by atoms with Crippen molar-refractivity contribution in [2.24, 2.45) is 0 Å². The zero-order valence-corrected chi connectivity index (χ0v) is 23.4. The summed E-state index contributed by atoms with van der Waals surface area (Å²) in [5, 5.41) is 0. The predicted octanol–water partition coefficient (Wildman–Crippen LogP) is 6.47. The van der Waals surface area contributed by atoms with Crippen LogP contribution in [0.15, 0.2) is 53.4 Å². The van der Waals surface area contributed by atoms with Crippen molar-refractivity contribution >= 4 is 32.0 Å². The Morgan fingerprint density at radius 3 is 2.00 bits per heavy atom. The second kappa shape index (κ2) is 10.8. The third-order valence-electron chi connectivity index (χ3n) is 7.08. The van der Waals surface area contributed by atoms with Gasteiger partial charge < -0.3 is 0 Å². The second-order valence-corrected chi connectivity index (χ2v) is 24.4. The number of unbranched alkanes of at least 4 members (excludes halogenated alkanes) is 3. The minimum atomic E-state index is -3.42. The molecule has 2 aromatic carbocycles. The molecule has 2 aromatic rings. The van der Waals surface area contributed by atoms with E-state index in [1.54, 1.807) is 21.0 Å². The molecule has 0 radical (unpaired) electrons. The van der Waals surface area contributed by atoms with Gasteiger partial charge in [0.15, 0.2) is 0 Å². The van der Waals surface area contributed by atoms with Crippen LogP contribution in [0.1, 0.15) is 76.5 Å². The molecule has 31 heavy (non-hydrogen) atoms. The van der Waals surface area contributed by atoms with Gasteiger partial charge in [0.25, 0.3) is 0 Å². The van der Waals surface area contributed by atoms with Crippen LogP contribution in [0, 0.1) is 0 Å². The van der Waals surface area contributed by atoms with E-state index >= 15 is 0 Å². The number of sulfonamides is 1. The van der Waals surface area contributed by atoms with Crippen molar-refractivity contribution in [1.29, 1.82) is 0 Å². The Labute approximate surface area is 194 Å². The van der Waals surface area contributed by atoms with Gasteiger partial charge in [-0.3, -0.25) is 0 Å². The van der Waals surface area contributed by atoms with E-state index in [1.165, 1.54) is 51.8 Å². The van der Waals surface area contributed by atoms with Gasteiger partial charge in [0.1, 0.15) is 0 Å². The van der Waals surface area contributed by atoms with Crippen LogP contribution in [0.2, 0.25) is 13.3 Å². The topological polar surface area (TPSA) is 37.4 Å². The van der Waals surface area contributed by atoms with Crippen LogP contribution in [-0.2, 0) is 10.0 Å². The summed E-state index contributed by atoms with van der Waals surface area (Å²) < 4.78 is 33.5. The predicted molar refractivity (Wildman–Crippen MR) is 134 cm³/mol. The van der Waals surface area contributed by atoms with E-state index in [0.29, 0.717) is 4.90 Å². The van der Waals surface area contributed by atoms with Crippen LogP contribution in [-0.4, -0.2) is 38.1 Å². The number of benzene rings is 2. The molecule has 0 N–H and O–H groups in total. The Hall–Kier alpha value is -0.851. The van der Waals surface area contributed by atoms with Gasteiger partial charge in [-0.25, -0.2) is 0 Å². The molecule has 1 heterocycles. The van der Waals surface area contributed by atoms with Gasteiger partial charge in [0.2, 0.25) is 0 Å². The molecular weight excluding hydrogens is 509 g/mol. The van der Waals surface area contributed by atoms with Gasteiger partial charge in [-0.2, -0.15) is 0 Å². The van der Waals surface area contributed by atoms with Crippen LogP contribution >= 0.6 is 0 Å². The second-order valence-electron chi connectivity index (χ2n) is 9.18. The zero-order chi connectivity index (χ0) is 22.5. The molecule has 5 heteroatoms. The molecule has 0 unspecified atom stereocenters. The molecule has 1 aliphatic rings. The van der Waals surface area contributed by atoms with Gasteiger partial charge in [0, 0.05) is 0 Å². The van der Waals surface area contributed by atoms with E-state index in [4.69, 9.17) is 0 Å². The average molecular weight is 548 g/mol. The van der Waals surface area contributed by atoms with E-state index < -0.39 is 28.4 Å². The van der Waals surface area contributed by atoms with Gasteiger partial charge in [-0.05, 0) is 0 Å². The molecule has 0 aliphatic carbocycles. The molecule has 0 saturated carbocycles. The van der Waals surface area contributed by atoms with Gasteiger partial charge >= 0.3 is 195 Å². The molecule has 3 rings (SSSR count). The third kappa shape index (κ3) is 5.06. The molecule has 1 aliphatic heterocycles. The van der Waals surface area contributed by atoms with Gasteiger partial charge in [0.05, 0.1) is 0 Å². The molecule has 0 fully saturated rings. The first kappa shape index (κ1) is 24.8. The molecule has 0 aromatic heterocycles. The summed E-state index contributed by atoms with van der Waals surface area (Å²) >= 11 is -2.57. The summed E-state index contributed by atoms with van der Waals surface area (Å²) in [6, 6.07) is 16.4. The number of nitrogens with zero attached hydrogens (tertiary/aromatic N) is 1. The summed E-state index contributed by atoms with van der Waals surface area (Å²) in [5.74, 6) is 0. The van der Waals surface area contributed by atoms with Crippen LogP contribution in [0.4, 0.5) is 0 Å². The van der Waals surface area contributed by atoms with Crippen molar-refractivity contribution < 1.29 is 8.42 Å². The van der Waals surface area contributed by atoms with E-state index in [2.05, 4.69) is 45.0 Å². The molecule has 3 nitrogen and oxygen atoms in total. The van der Waals surface area contributed by atoms with Gasteiger partial charge in [-0.1, -0.05) is 0 Å². The van der Waals surface area contributed by atoms with Crippen LogP contribution in [0.25, 0.3) is 0 Å². The number of hydrogen-bond donors (Lipinski definition) is 0. The minimum absolute atomic E-state index is 0.214. The summed E-state index contributed by atoms with van der Waals surface area (Å²) in [5.41, 5.74) is 2.05. The molecule has 170 valence electrons. The quantitative estimate of drug-likeness (QED) is 0.302. The molecule has 1 atom stereocenters. The first-order valence-electron chi connectivity index (χ1n) is 12.1. The van der Waals surface area contributed by atoms with Crippen LogP contribution < -0.4 is 3.58 Å².